The summed E-state index contributed by atoms with van der Waals surface area (Å²) in [7, 11) is 0. The number of fused-ring (bicyclic) bond motifs is 1. The van der Waals surface area contributed by atoms with Crippen molar-refractivity contribution < 1.29 is 8.78 Å². The number of aromatic amines is 1. The number of hydrogen-bond donors (Lipinski definition) is 1. The molecule has 0 saturated heterocycles. The van der Waals surface area contributed by atoms with Gasteiger partial charge in [0.1, 0.15) is 0 Å². The molecule has 1 N–H and O–H groups in total. The van der Waals surface area contributed by atoms with Crippen molar-refractivity contribution in [1.82, 2.24) is 4.98 Å². The van der Waals surface area contributed by atoms with Gasteiger partial charge in [0.25, 0.3) is 6.43 Å². The Morgan fingerprint density at radius 2 is 1.85 bits per heavy atom. The van der Waals surface area contributed by atoms with Crippen LogP contribution in [0.2, 0.25) is 0 Å². The van der Waals surface area contributed by atoms with Gasteiger partial charge < -0.3 is 4.98 Å². The van der Waals surface area contributed by atoms with Crippen LogP contribution in [0.25, 0.3) is 22.0 Å². The zero-order chi connectivity index (χ0) is 14.1. The summed E-state index contributed by atoms with van der Waals surface area (Å²) in [6.45, 7) is 0. The number of benzene rings is 2. The summed E-state index contributed by atoms with van der Waals surface area (Å²) in [5.41, 5.74) is 2.50. The van der Waals surface area contributed by atoms with Crippen molar-refractivity contribution >= 4 is 10.9 Å². The topological polar surface area (TPSA) is 39.6 Å². The minimum absolute atomic E-state index is 0.00393. The van der Waals surface area contributed by atoms with Crippen molar-refractivity contribution in [3.05, 3.63) is 59.8 Å². The molecule has 1 heterocycles. The third kappa shape index (κ3) is 1.94. The van der Waals surface area contributed by atoms with Gasteiger partial charge in [-0.25, -0.2) is 8.78 Å². The molecule has 2 nitrogen and oxygen atoms in total. The number of halogens is 2. The molecule has 3 rings (SSSR count). The molecule has 3 aromatic rings. The number of H-pyrrole nitrogens is 1. The minimum atomic E-state index is -2.53. The maximum Gasteiger partial charge on any atom is 0.264 e. The number of nitrogens with one attached hydrogen (secondary N) is 1. The molecule has 2 aromatic carbocycles. The van der Waals surface area contributed by atoms with Crippen LogP contribution in [0.3, 0.4) is 0 Å². The molecule has 4 heteroatoms. The number of hydrogen-bond acceptors (Lipinski definition) is 1. The van der Waals surface area contributed by atoms with Crippen molar-refractivity contribution in [2.75, 3.05) is 0 Å². The first-order valence-electron chi connectivity index (χ1n) is 6.09. The predicted molar refractivity (Wildman–Crippen MR) is 73.4 cm³/mol. The van der Waals surface area contributed by atoms with Gasteiger partial charge in [-0.1, -0.05) is 24.3 Å². The van der Waals surface area contributed by atoms with Crippen LogP contribution in [0, 0.1) is 11.3 Å². The molecule has 0 aliphatic rings. The molecule has 0 radical (unpaired) electrons. The number of rotatable bonds is 2. The van der Waals surface area contributed by atoms with E-state index in [0.717, 1.165) is 10.9 Å². The molecule has 0 saturated carbocycles. The quantitative estimate of drug-likeness (QED) is 0.722. The summed E-state index contributed by atoms with van der Waals surface area (Å²) in [5, 5.41) is 9.73. The molecule has 98 valence electrons. The fraction of sp³-hybridized carbons (Fsp3) is 0.0625. The smallest absolute Gasteiger partial charge is 0.264 e. The van der Waals surface area contributed by atoms with Gasteiger partial charge in [-0.05, 0) is 23.8 Å². The Balaban J connectivity index is 2.28. The average molecular weight is 268 g/mol. The highest BCUT2D eigenvalue weighted by molar-refractivity contribution is 5.97. The summed E-state index contributed by atoms with van der Waals surface area (Å²) < 4.78 is 26.2. The molecule has 20 heavy (non-hydrogen) atoms. The SMILES string of the molecule is N#Cc1ccc2[nH]cc(-c3ccccc3C(F)F)c2c1. The Bertz CT molecular complexity index is 813. The van der Waals surface area contributed by atoms with Gasteiger partial charge in [0.15, 0.2) is 0 Å². The molecular formula is C16H10F2N2. The number of aromatic nitrogens is 1. The van der Waals surface area contributed by atoms with E-state index < -0.39 is 6.43 Å². The van der Waals surface area contributed by atoms with Gasteiger partial charge in [0.2, 0.25) is 0 Å². The lowest BCUT2D eigenvalue weighted by Crippen LogP contribution is -1.89. The van der Waals surface area contributed by atoms with E-state index in [1.54, 1.807) is 42.6 Å². The maximum absolute atomic E-state index is 13.1. The molecule has 0 aliphatic carbocycles. The van der Waals surface area contributed by atoms with E-state index in [4.69, 9.17) is 5.26 Å². The van der Waals surface area contributed by atoms with E-state index in [-0.39, 0.29) is 5.56 Å². The zero-order valence-electron chi connectivity index (χ0n) is 10.4. The van der Waals surface area contributed by atoms with E-state index in [9.17, 15) is 8.78 Å². The van der Waals surface area contributed by atoms with Gasteiger partial charge in [-0.2, -0.15) is 5.26 Å². The Kier molecular flexibility index (Phi) is 2.96. The molecule has 0 spiro atoms. The molecule has 0 fully saturated rings. The summed E-state index contributed by atoms with van der Waals surface area (Å²) in [6, 6.07) is 13.7. The number of alkyl halides is 2. The van der Waals surface area contributed by atoms with Crippen LogP contribution in [-0.4, -0.2) is 4.98 Å². The normalized spacial score (nSPS) is 10.9. The molecular weight excluding hydrogens is 258 g/mol. The van der Waals surface area contributed by atoms with Gasteiger partial charge in [-0.3, -0.25) is 0 Å². The third-order valence-electron chi connectivity index (χ3n) is 3.30. The van der Waals surface area contributed by atoms with Crippen LogP contribution in [-0.2, 0) is 0 Å². The molecule has 0 amide bonds. The highest BCUT2D eigenvalue weighted by Crippen LogP contribution is 2.35. The molecule has 0 bridgehead atoms. The second kappa shape index (κ2) is 4.78. The third-order valence-corrected chi connectivity index (χ3v) is 3.30. The first-order chi connectivity index (χ1) is 9.70. The summed E-state index contributed by atoms with van der Waals surface area (Å²) in [4.78, 5) is 3.05. The highest BCUT2D eigenvalue weighted by Gasteiger charge is 2.16. The minimum Gasteiger partial charge on any atom is -0.361 e. The monoisotopic (exact) mass is 268 g/mol. The summed E-state index contributed by atoms with van der Waals surface area (Å²) >= 11 is 0. The van der Waals surface area contributed by atoms with Gasteiger partial charge in [0, 0.05) is 28.2 Å². The van der Waals surface area contributed by atoms with E-state index in [1.165, 1.54) is 6.07 Å². The van der Waals surface area contributed by atoms with Crippen molar-refractivity contribution in [1.29, 1.82) is 5.26 Å². The Morgan fingerprint density at radius 3 is 2.60 bits per heavy atom. The first kappa shape index (κ1) is 12.4. The first-order valence-corrected chi connectivity index (χ1v) is 6.09. The average Bonchev–Trinajstić information content (AvgIpc) is 2.89. The summed E-state index contributed by atoms with van der Waals surface area (Å²) in [5.74, 6) is 0. The van der Waals surface area contributed by atoms with Crippen LogP contribution < -0.4 is 0 Å². The second-order valence-corrected chi connectivity index (χ2v) is 4.46. The predicted octanol–water partition coefficient (Wildman–Crippen LogP) is 4.64. The summed E-state index contributed by atoms with van der Waals surface area (Å²) in [6.07, 6.45) is -0.831. The largest absolute Gasteiger partial charge is 0.361 e. The van der Waals surface area contributed by atoms with Crippen LogP contribution in [0.5, 0.6) is 0 Å². The van der Waals surface area contributed by atoms with Crippen LogP contribution in [0.15, 0.2) is 48.7 Å². The Hall–Kier alpha value is -2.67. The van der Waals surface area contributed by atoms with E-state index >= 15 is 0 Å². The van der Waals surface area contributed by atoms with Crippen LogP contribution in [0.4, 0.5) is 8.78 Å². The van der Waals surface area contributed by atoms with Gasteiger partial charge in [0.05, 0.1) is 11.6 Å². The molecule has 0 atom stereocenters. The standard InChI is InChI=1S/C16H10F2N2/c17-16(18)12-4-2-1-3-11(12)14-9-20-15-6-5-10(8-19)7-13(14)15/h1-7,9,16,20H. The molecule has 1 aromatic heterocycles. The van der Waals surface area contributed by atoms with E-state index in [0.29, 0.717) is 16.7 Å². The molecule has 0 unspecified atom stereocenters. The lowest BCUT2D eigenvalue weighted by Gasteiger charge is -2.07. The van der Waals surface area contributed by atoms with E-state index in [1.807, 2.05) is 0 Å². The Morgan fingerprint density at radius 1 is 1.05 bits per heavy atom. The van der Waals surface area contributed by atoms with E-state index in [2.05, 4.69) is 11.1 Å². The van der Waals surface area contributed by atoms with Crippen molar-refractivity contribution in [2.45, 2.75) is 6.43 Å². The second-order valence-electron chi connectivity index (χ2n) is 4.46. The lowest BCUT2D eigenvalue weighted by atomic mass is 9.98. The van der Waals surface area contributed by atoms with Crippen LogP contribution in [0.1, 0.15) is 17.6 Å². The van der Waals surface area contributed by atoms with Crippen molar-refractivity contribution in [3.63, 3.8) is 0 Å². The zero-order valence-corrected chi connectivity index (χ0v) is 10.4. The molecule has 0 aliphatic heterocycles. The van der Waals surface area contributed by atoms with Gasteiger partial charge in [-0.15, -0.1) is 0 Å². The van der Waals surface area contributed by atoms with Gasteiger partial charge >= 0.3 is 0 Å². The fourth-order valence-corrected chi connectivity index (χ4v) is 2.35. The fourth-order valence-electron chi connectivity index (χ4n) is 2.35. The van der Waals surface area contributed by atoms with Crippen molar-refractivity contribution in [2.24, 2.45) is 0 Å². The maximum atomic E-state index is 13.1. The number of nitrogens with zero attached hydrogens (tertiary/aromatic N) is 1. The Labute approximate surface area is 114 Å². The van der Waals surface area contributed by atoms with Crippen molar-refractivity contribution in [3.8, 4) is 17.2 Å². The lowest BCUT2D eigenvalue weighted by molar-refractivity contribution is 0.152. The number of nitriles is 1. The highest BCUT2D eigenvalue weighted by atomic mass is 19.3. The van der Waals surface area contributed by atoms with Crippen LogP contribution >= 0.6 is 0 Å².